The van der Waals surface area contributed by atoms with Crippen LogP contribution in [0.2, 0.25) is 0 Å². The molecule has 0 aromatic heterocycles. The summed E-state index contributed by atoms with van der Waals surface area (Å²) in [7, 11) is 0. The minimum Gasteiger partial charge on any atom is -0.351 e. The Hall–Kier alpha value is -2.82. The summed E-state index contributed by atoms with van der Waals surface area (Å²) >= 11 is 0. The van der Waals surface area contributed by atoms with Crippen molar-refractivity contribution in [2.75, 3.05) is 10.6 Å². The maximum Gasteiger partial charge on any atom is 0.316 e. The Kier molecular flexibility index (Phi) is 4.28. The summed E-state index contributed by atoms with van der Waals surface area (Å²) < 4.78 is 0. The van der Waals surface area contributed by atoms with Gasteiger partial charge in [-0.1, -0.05) is 24.3 Å². The number of primary amides is 1. The van der Waals surface area contributed by atoms with Gasteiger partial charge < -0.3 is 16.4 Å². The number of benzene rings is 2. The largest absolute Gasteiger partial charge is 0.351 e. The molecule has 1 aliphatic carbocycles. The maximum absolute atomic E-state index is 12.2. The normalized spacial score (nSPS) is 12.5. The van der Waals surface area contributed by atoms with Gasteiger partial charge in [0.15, 0.2) is 0 Å². The third kappa shape index (κ3) is 3.88. The average molecular weight is 309 g/mol. The minimum absolute atomic E-state index is 0.0841. The van der Waals surface area contributed by atoms with E-state index in [0.29, 0.717) is 17.8 Å². The van der Waals surface area contributed by atoms with Gasteiger partial charge in [-0.2, -0.15) is 0 Å². The van der Waals surface area contributed by atoms with E-state index in [-0.39, 0.29) is 5.91 Å². The molecule has 0 radical (unpaired) electrons. The van der Waals surface area contributed by atoms with Crippen molar-refractivity contribution < 1.29 is 9.59 Å². The molecule has 2 aromatic rings. The summed E-state index contributed by atoms with van der Waals surface area (Å²) in [6.07, 6.45) is 3.78. The fourth-order valence-electron chi connectivity index (χ4n) is 2.94. The zero-order valence-corrected chi connectivity index (χ0v) is 12.8. The van der Waals surface area contributed by atoms with E-state index in [1.807, 2.05) is 6.07 Å². The molecule has 0 fully saturated rings. The molecule has 1 aliphatic rings. The van der Waals surface area contributed by atoms with Gasteiger partial charge in [0.1, 0.15) is 0 Å². The minimum atomic E-state index is -0.633. The van der Waals surface area contributed by atoms with E-state index in [0.717, 1.165) is 18.4 Å². The van der Waals surface area contributed by atoms with Gasteiger partial charge in [0.2, 0.25) is 5.91 Å². The van der Waals surface area contributed by atoms with Gasteiger partial charge in [-0.3, -0.25) is 4.79 Å². The number of nitrogens with one attached hydrogen (secondary N) is 2. The van der Waals surface area contributed by atoms with E-state index < -0.39 is 6.03 Å². The second-order valence-electron chi connectivity index (χ2n) is 5.75. The molecule has 3 rings (SSSR count). The third-order valence-corrected chi connectivity index (χ3v) is 3.94. The highest BCUT2D eigenvalue weighted by atomic mass is 16.2. The van der Waals surface area contributed by atoms with Gasteiger partial charge in [-0.25, -0.2) is 4.79 Å². The smallest absolute Gasteiger partial charge is 0.316 e. The molecule has 0 heterocycles. The van der Waals surface area contributed by atoms with Crippen LogP contribution in [0, 0.1) is 0 Å². The molecule has 0 spiro atoms. The van der Waals surface area contributed by atoms with E-state index in [2.05, 4.69) is 22.8 Å². The maximum atomic E-state index is 12.2. The molecule has 5 heteroatoms. The van der Waals surface area contributed by atoms with Crippen LogP contribution >= 0.6 is 0 Å². The fraction of sp³-hybridized carbons (Fsp3) is 0.222. The number of hydrogen-bond acceptors (Lipinski definition) is 2. The monoisotopic (exact) mass is 309 g/mol. The highest BCUT2D eigenvalue weighted by Gasteiger charge is 2.12. The molecule has 4 N–H and O–H groups in total. The highest BCUT2D eigenvalue weighted by molar-refractivity contribution is 5.94. The highest BCUT2D eigenvalue weighted by Crippen LogP contribution is 2.23. The van der Waals surface area contributed by atoms with Crippen molar-refractivity contribution in [1.82, 2.24) is 0 Å². The first-order chi connectivity index (χ1) is 11.1. The lowest BCUT2D eigenvalue weighted by molar-refractivity contribution is -0.115. The summed E-state index contributed by atoms with van der Waals surface area (Å²) in [6.45, 7) is 0. The Morgan fingerprint density at radius 2 is 1.70 bits per heavy atom. The fourth-order valence-corrected chi connectivity index (χ4v) is 2.94. The first-order valence-corrected chi connectivity index (χ1v) is 7.67. The van der Waals surface area contributed by atoms with Crippen molar-refractivity contribution >= 4 is 23.3 Å². The Labute approximate surface area is 134 Å². The van der Waals surface area contributed by atoms with Crippen molar-refractivity contribution in [3.63, 3.8) is 0 Å². The molecule has 0 saturated heterocycles. The van der Waals surface area contributed by atoms with Gasteiger partial charge in [-0.15, -0.1) is 0 Å². The molecule has 2 aromatic carbocycles. The van der Waals surface area contributed by atoms with Gasteiger partial charge in [-0.05, 0) is 54.2 Å². The zero-order chi connectivity index (χ0) is 16.2. The number of fused-ring (bicyclic) bond motifs is 1. The number of anilines is 2. The lowest BCUT2D eigenvalue weighted by Gasteiger charge is -2.09. The number of amides is 3. The standard InChI is InChI=1S/C18H19N3O2/c19-18(23)21-16-6-2-5-15(11-16)20-17(22)10-12-7-8-13-3-1-4-14(13)9-12/h2,5-9,11H,1,3-4,10H2,(H,20,22)(H3,19,21,23). The van der Waals surface area contributed by atoms with E-state index in [9.17, 15) is 9.59 Å². The number of aryl methyl sites for hydroxylation is 2. The second kappa shape index (κ2) is 6.52. The molecule has 0 atom stereocenters. The van der Waals surface area contributed by atoms with Gasteiger partial charge in [0.25, 0.3) is 0 Å². The molecule has 23 heavy (non-hydrogen) atoms. The molecule has 5 nitrogen and oxygen atoms in total. The van der Waals surface area contributed by atoms with Crippen LogP contribution in [0.25, 0.3) is 0 Å². The van der Waals surface area contributed by atoms with Crippen LogP contribution < -0.4 is 16.4 Å². The van der Waals surface area contributed by atoms with E-state index in [1.165, 1.54) is 17.5 Å². The van der Waals surface area contributed by atoms with Crippen LogP contribution in [0.3, 0.4) is 0 Å². The quantitative estimate of drug-likeness (QED) is 0.811. The first kappa shape index (κ1) is 15.1. The number of carbonyl (C=O) groups excluding carboxylic acids is 2. The molecule has 0 aliphatic heterocycles. The van der Waals surface area contributed by atoms with Gasteiger partial charge >= 0.3 is 6.03 Å². The molecule has 3 amide bonds. The van der Waals surface area contributed by atoms with Crippen LogP contribution in [-0.4, -0.2) is 11.9 Å². The SMILES string of the molecule is NC(=O)Nc1cccc(NC(=O)Cc2ccc3c(c2)CCC3)c1. The molecular weight excluding hydrogens is 290 g/mol. The summed E-state index contributed by atoms with van der Waals surface area (Å²) in [5.41, 5.74) is 10.1. The molecule has 118 valence electrons. The van der Waals surface area contributed by atoms with Crippen LogP contribution in [-0.2, 0) is 24.1 Å². The van der Waals surface area contributed by atoms with Crippen LogP contribution in [0.4, 0.5) is 16.2 Å². The van der Waals surface area contributed by atoms with Crippen LogP contribution in [0.1, 0.15) is 23.1 Å². The topological polar surface area (TPSA) is 84.2 Å². The lowest BCUT2D eigenvalue weighted by atomic mass is 10.0. The summed E-state index contributed by atoms with van der Waals surface area (Å²) in [5, 5.41) is 5.32. The number of nitrogens with two attached hydrogens (primary N) is 1. The Bertz CT molecular complexity index is 756. The Balaban J connectivity index is 1.64. The van der Waals surface area contributed by atoms with Crippen molar-refractivity contribution in [3.05, 3.63) is 59.2 Å². The summed E-state index contributed by atoms with van der Waals surface area (Å²) in [6, 6.07) is 12.5. The lowest BCUT2D eigenvalue weighted by Crippen LogP contribution is -2.19. The average Bonchev–Trinajstić information content (AvgIpc) is 2.94. The van der Waals surface area contributed by atoms with Crippen LogP contribution in [0.15, 0.2) is 42.5 Å². The van der Waals surface area contributed by atoms with Gasteiger partial charge in [0.05, 0.1) is 6.42 Å². The number of urea groups is 1. The first-order valence-electron chi connectivity index (χ1n) is 7.67. The molecular formula is C18H19N3O2. The number of carbonyl (C=O) groups is 2. The molecule has 0 unspecified atom stereocenters. The van der Waals surface area contributed by atoms with Crippen molar-refractivity contribution in [2.24, 2.45) is 5.73 Å². The van der Waals surface area contributed by atoms with E-state index >= 15 is 0 Å². The number of rotatable bonds is 4. The van der Waals surface area contributed by atoms with Crippen molar-refractivity contribution in [1.29, 1.82) is 0 Å². The zero-order valence-electron chi connectivity index (χ0n) is 12.8. The predicted molar refractivity (Wildman–Crippen MR) is 90.4 cm³/mol. The van der Waals surface area contributed by atoms with E-state index in [1.54, 1.807) is 24.3 Å². The van der Waals surface area contributed by atoms with Crippen LogP contribution in [0.5, 0.6) is 0 Å². The Morgan fingerprint density at radius 1 is 0.957 bits per heavy atom. The third-order valence-electron chi connectivity index (χ3n) is 3.94. The summed E-state index contributed by atoms with van der Waals surface area (Å²) in [5.74, 6) is -0.0841. The van der Waals surface area contributed by atoms with E-state index in [4.69, 9.17) is 5.73 Å². The van der Waals surface area contributed by atoms with Gasteiger partial charge in [0, 0.05) is 11.4 Å². The second-order valence-corrected chi connectivity index (χ2v) is 5.75. The predicted octanol–water partition coefficient (Wildman–Crippen LogP) is 2.85. The summed E-state index contributed by atoms with van der Waals surface area (Å²) in [4.78, 5) is 23.1. The molecule has 0 bridgehead atoms. The van der Waals surface area contributed by atoms with Crippen molar-refractivity contribution in [3.8, 4) is 0 Å². The van der Waals surface area contributed by atoms with Crippen molar-refractivity contribution in [2.45, 2.75) is 25.7 Å². The Morgan fingerprint density at radius 3 is 2.48 bits per heavy atom. The molecule has 0 saturated carbocycles. The number of hydrogen-bond donors (Lipinski definition) is 3.